The molecule has 2 heterocycles. The zero-order chi connectivity index (χ0) is 23.4. The summed E-state index contributed by atoms with van der Waals surface area (Å²) in [5.74, 6) is 0.976. The van der Waals surface area contributed by atoms with Crippen molar-refractivity contribution in [1.82, 2.24) is 14.6 Å². The van der Waals surface area contributed by atoms with E-state index < -0.39 is 16.6 Å². The summed E-state index contributed by atoms with van der Waals surface area (Å²) in [6, 6.07) is 8.38. The van der Waals surface area contributed by atoms with Crippen LogP contribution in [0.2, 0.25) is 0 Å². The number of allylic oxidation sites excluding steroid dienone is 1. The molecule has 1 N–H and O–H groups in total. The molecule has 0 bridgehead atoms. The van der Waals surface area contributed by atoms with Gasteiger partial charge in [0, 0.05) is 38.9 Å². The molecule has 1 aliphatic heterocycles. The second-order valence-corrected chi connectivity index (χ2v) is 9.94. The minimum absolute atomic E-state index is 0.0739. The fourth-order valence-corrected chi connectivity index (χ4v) is 5.30. The number of nitrogens with one attached hydrogen (secondary N) is 1. The number of likely N-dealkylation sites (N-methyl/N-ethyl adjacent to an activating group) is 1. The van der Waals surface area contributed by atoms with Gasteiger partial charge >= 0.3 is 6.61 Å². The standard InChI is InChI=1S/C23H28F2N4O3S/c1-2-28-9-11-29(12-10-28)22-8-3-17(15-26-22)16-27-33(30,31)21-7-5-18-13-20(32-23(24)25)6-4-19(18)14-21/h3-4,6,8,13-15,23,27H,2,5,7,9-12,16H2,1H3. The molecule has 4 rings (SSSR count). The Balaban J connectivity index is 1.37. The van der Waals surface area contributed by atoms with E-state index in [1.807, 2.05) is 12.1 Å². The zero-order valence-electron chi connectivity index (χ0n) is 18.5. The largest absolute Gasteiger partial charge is 0.435 e. The molecular weight excluding hydrogens is 450 g/mol. The van der Waals surface area contributed by atoms with Crippen LogP contribution < -0.4 is 14.4 Å². The molecule has 1 aromatic heterocycles. The molecule has 10 heteroatoms. The number of rotatable bonds is 8. The molecule has 0 atom stereocenters. The van der Waals surface area contributed by atoms with Crippen molar-refractivity contribution in [1.29, 1.82) is 0 Å². The number of pyridine rings is 1. The molecule has 1 aromatic carbocycles. The Labute approximate surface area is 193 Å². The quantitative estimate of drug-likeness (QED) is 0.628. The number of alkyl halides is 2. The number of nitrogens with zero attached hydrogens (tertiary/aromatic N) is 3. The lowest BCUT2D eigenvalue weighted by Gasteiger charge is -2.34. The molecule has 0 radical (unpaired) electrons. The Kier molecular flexibility index (Phi) is 7.26. The highest BCUT2D eigenvalue weighted by molar-refractivity contribution is 7.93. The van der Waals surface area contributed by atoms with Gasteiger partial charge in [-0.05, 0) is 60.4 Å². The Morgan fingerprint density at radius 1 is 1.12 bits per heavy atom. The van der Waals surface area contributed by atoms with Gasteiger partial charge in [-0.3, -0.25) is 0 Å². The Hall–Kier alpha value is -2.56. The summed E-state index contributed by atoms with van der Waals surface area (Å²) in [6.45, 7) is 4.35. The minimum Gasteiger partial charge on any atom is -0.435 e. The highest BCUT2D eigenvalue weighted by Gasteiger charge is 2.22. The van der Waals surface area contributed by atoms with Gasteiger partial charge < -0.3 is 14.5 Å². The maximum absolute atomic E-state index is 12.8. The van der Waals surface area contributed by atoms with Crippen molar-refractivity contribution in [3.8, 4) is 5.75 Å². The van der Waals surface area contributed by atoms with Crippen LogP contribution in [-0.4, -0.2) is 57.6 Å². The Morgan fingerprint density at radius 3 is 2.58 bits per heavy atom. The smallest absolute Gasteiger partial charge is 0.387 e. The van der Waals surface area contributed by atoms with Crippen molar-refractivity contribution in [3.63, 3.8) is 0 Å². The second-order valence-electron chi connectivity index (χ2n) is 8.12. The lowest BCUT2D eigenvalue weighted by atomic mass is 9.97. The van der Waals surface area contributed by atoms with Gasteiger partial charge in [0.1, 0.15) is 11.6 Å². The van der Waals surface area contributed by atoms with Crippen molar-refractivity contribution in [2.75, 3.05) is 37.6 Å². The van der Waals surface area contributed by atoms with Gasteiger partial charge in [-0.1, -0.05) is 19.1 Å². The summed E-state index contributed by atoms with van der Waals surface area (Å²) in [5, 5.41) is 0. The first-order valence-corrected chi connectivity index (χ1v) is 12.5. The minimum atomic E-state index is -3.68. The van der Waals surface area contributed by atoms with Gasteiger partial charge in [0.25, 0.3) is 0 Å². The van der Waals surface area contributed by atoms with E-state index in [-0.39, 0.29) is 17.2 Å². The topological polar surface area (TPSA) is 74.8 Å². The van der Waals surface area contributed by atoms with Crippen molar-refractivity contribution < 1.29 is 21.9 Å². The first-order valence-electron chi connectivity index (χ1n) is 11.0. The van der Waals surface area contributed by atoms with Crippen LogP contribution in [-0.2, 0) is 23.0 Å². The first-order chi connectivity index (χ1) is 15.8. The van der Waals surface area contributed by atoms with Crippen LogP contribution in [0, 0.1) is 0 Å². The van der Waals surface area contributed by atoms with E-state index in [4.69, 9.17) is 0 Å². The predicted octanol–water partition coefficient (Wildman–Crippen LogP) is 3.23. The predicted molar refractivity (Wildman–Crippen MR) is 124 cm³/mol. The van der Waals surface area contributed by atoms with Crippen molar-refractivity contribution in [2.24, 2.45) is 0 Å². The van der Waals surface area contributed by atoms with E-state index in [9.17, 15) is 17.2 Å². The zero-order valence-corrected chi connectivity index (χ0v) is 19.3. The van der Waals surface area contributed by atoms with Crippen molar-refractivity contribution >= 4 is 21.9 Å². The van der Waals surface area contributed by atoms with Gasteiger partial charge in [-0.25, -0.2) is 18.1 Å². The van der Waals surface area contributed by atoms with Crippen LogP contribution in [0.1, 0.15) is 30.0 Å². The number of halogens is 2. The Morgan fingerprint density at radius 2 is 1.91 bits per heavy atom. The van der Waals surface area contributed by atoms with Gasteiger partial charge in [0.15, 0.2) is 0 Å². The van der Waals surface area contributed by atoms with Crippen LogP contribution in [0.3, 0.4) is 0 Å². The highest BCUT2D eigenvalue weighted by Crippen LogP contribution is 2.30. The van der Waals surface area contributed by atoms with Crippen LogP contribution in [0.25, 0.3) is 6.08 Å². The summed E-state index contributed by atoms with van der Waals surface area (Å²) in [5.41, 5.74) is 2.25. The summed E-state index contributed by atoms with van der Waals surface area (Å²) in [4.78, 5) is 9.43. The van der Waals surface area contributed by atoms with Crippen LogP contribution >= 0.6 is 0 Å². The van der Waals surface area contributed by atoms with Crippen LogP contribution in [0.5, 0.6) is 5.75 Å². The van der Waals surface area contributed by atoms with E-state index in [2.05, 4.69) is 31.2 Å². The fourth-order valence-electron chi connectivity index (χ4n) is 4.10. The average Bonchev–Trinajstić information content (AvgIpc) is 2.82. The van der Waals surface area contributed by atoms with Gasteiger partial charge in [0.05, 0.1) is 4.91 Å². The molecule has 178 valence electrons. The Bertz CT molecular complexity index is 1100. The van der Waals surface area contributed by atoms with Gasteiger partial charge in [-0.15, -0.1) is 0 Å². The highest BCUT2D eigenvalue weighted by atomic mass is 32.2. The first kappa shape index (κ1) is 23.6. The number of fused-ring (bicyclic) bond motifs is 1. The van der Waals surface area contributed by atoms with Crippen molar-refractivity contribution in [2.45, 2.75) is 32.9 Å². The van der Waals surface area contributed by atoms with E-state index in [1.54, 1.807) is 18.3 Å². The molecule has 0 amide bonds. The van der Waals surface area contributed by atoms with Crippen molar-refractivity contribution in [3.05, 3.63) is 58.1 Å². The van der Waals surface area contributed by atoms with Crippen LogP contribution in [0.4, 0.5) is 14.6 Å². The third kappa shape index (κ3) is 5.87. The number of hydrogen-bond acceptors (Lipinski definition) is 6. The van der Waals surface area contributed by atoms with E-state index in [1.165, 1.54) is 12.1 Å². The normalized spacial score (nSPS) is 17.1. The van der Waals surface area contributed by atoms with E-state index in [0.717, 1.165) is 49.7 Å². The van der Waals surface area contributed by atoms with E-state index in [0.29, 0.717) is 18.4 Å². The monoisotopic (exact) mass is 478 g/mol. The SMILES string of the molecule is CCN1CCN(c2ccc(CNS(=O)(=O)C3=Cc4ccc(OC(F)F)cc4CC3)cn2)CC1. The molecule has 7 nitrogen and oxygen atoms in total. The number of sulfonamides is 1. The maximum Gasteiger partial charge on any atom is 0.387 e. The number of hydrogen-bond donors (Lipinski definition) is 1. The number of ether oxygens (including phenoxy) is 1. The molecule has 0 saturated carbocycles. The summed E-state index contributed by atoms with van der Waals surface area (Å²) in [7, 11) is -3.68. The lowest BCUT2D eigenvalue weighted by molar-refractivity contribution is -0.0498. The number of aromatic nitrogens is 1. The lowest BCUT2D eigenvalue weighted by Crippen LogP contribution is -2.46. The summed E-state index contributed by atoms with van der Waals surface area (Å²) < 4.78 is 57.5. The molecule has 1 fully saturated rings. The van der Waals surface area contributed by atoms with E-state index >= 15 is 0 Å². The molecule has 33 heavy (non-hydrogen) atoms. The maximum atomic E-state index is 12.8. The molecule has 0 unspecified atom stereocenters. The summed E-state index contributed by atoms with van der Waals surface area (Å²) >= 11 is 0. The average molecular weight is 479 g/mol. The third-order valence-corrected chi connectivity index (χ3v) is 7.60. The molecular formula is C23H28F2N4O3S. The fraction of sp³-hybridized carbons (Fsp3) is 0.435. The molecule has 2 aromatic rings. The third-order valence-electron chi connectivity index (χ3n) is 6.06. The number of benzene rings is 1. The van der Waals surface area contributed by atoms with Crippen LogP contribution in [0.15, 0.2) is 41.4 Å². The molecule has 1 aliphatic carbocycles. The second kappa shape index (κ2) is 10.1. The molecule has 1 saturated heterocycles. The number of anilines is 1. The molecule has 0 spiro atoms. The summed E-state index contributed by atoms with van der Waals surface area (Å²) in [6.07, 6.45) is 4.02. The number of piperazine rings is 1. The van der Waals surface area contributed by atoms with Gasteiger partial charge in [-0.2, -0.15) is 8.78 Å². The molecule has 2 aliphatic rings. The number of aryl methyl sites for hydroxylation is 1. The van der Waals surface area contributed by atoms with Gasteiger partial charge in [0.2, 0.25) is 10.0 Å².